The Morgan fingerprint density at radius 3 is 2.32 bits per heavy atom. The van der Waals surface area contributed by atoms with Crippen molar-refractivity contribution in [1.29, 1.82) is 0 Å². The maximum Gasteiger partial charge on any atom is 0.242 e. The van der Waals surface area contributed by atoms with E-state index in [9.17, 15) is 4.79 Å². The molecule has 0 saturated carbocycles. The van der Waals surface area contributed by atoms with Crippen LogP contribution in [0.2, 0.25) is 0 Å². The number of carbonyl (C=O) groups is 1. The Hall–Kier alpha value is -2.89. The summed E-state index contributed by atoms with van der Waals surface area (Å²) in [6.07, 6.45) is 0.948. The number of rotatable bonds is 7. The molecule has 1 N–H and O–H groups in total. The summed E-state index contributed by atoms with van der Waals surface area (Å²) >= 11 is 0. The number of hydrogen-bond donors (Lipinski definition) is 1. The van der Waals surface area contributed by atoms with Crippen molar-refractivity contribution >= 4 is 11.6 Å². The molecular weight excluding hydrogens is 356 g/mol. The second-order valence-electron chi connectivity index (χ2n) is 7.09. The van der Waals surface area contributed by atoms with Gasteiger partial charge >= 0.3 is 0 Å². The first-order valence-corrected chi connectivity index (χ1v) is 9.52. The maximum absolute atomic E-state index is 12.7. The predicted molar refractivity (Wildman–Crippen MR) is 109 cm³/mol. The van der Waals surface area contributed by atoms with Crippen molar-refractivity contribution in [2.45, 2.75) is 32.9 Å². The van der Waals surface area contributed by atoms with Gasteiger partial charge < -0.3 is 24.4 Å². The van der Waals surface area contributed by atoms with Gasteiger partial charge in [0.1, 0.15) is 5.75 Å². The van der Waals surface area contributed by atoms with Gasteiger partial charge in [-0.2, -0.15) is 0 Å². The molecule has 0 fully saturated rings. The van der Waals surface area contributed by atoms with E-state index in [1.54, 1.807) is 14.2 Å². The average Bonchev–Trinajstić information content (AvgIpc) is 2.71. The third-order valence-corrected chi connectivity index (χ3v) is 4.74. The molecule has 1 heterocycles. The lowest BCUT2D eigenvalue weighted by atomic mass is 9.98. The highest BCUT2D eigenvalue weighted by Crippen LogP contribution is 2.33. The zero-order valence-electron chi connectivity index (χ0n) is 17.0. The van der Waals surface area contributed by atoms with Crippen LogP contribution in [0.5, 0.6) is 17.2 Å². The van der Waals surface area contributed by atoms with E-state index in [1.165, 1.54) is 5.56 Å². The predicted octanol–water partition coefficient (Wildman–Crippen LogP) is 3.49. The standard InChI is InChI=1S/C22H28N2O4/c1-15(2)28-19-7-5-18(6-8-19)23-13-22(25)24-10-9-16-11-20(26-3)21(27-4)12-17(16)14-24/h5-8,11-12,15,23H,9-10,13-14H2,1-4H3. The fourth-order valence-electron chi connectivity index (χ4n) is 3.31. The van der Waals surface area contributed by atoms with Gasteiger partial charge in [-0.05, 0) is 67.8 Å². The molecule has 1 aliphatic rings. The summed E-state index contributed by atoms with van der Waals surface area (Å²) in [7, 11) is 3.26. The number of hydrogen-bond acceptors (Lipinski definition) is 5. The lowest BCUT2D eigenvalue weighted by Crippen LogP contribution is -2.39. The van der Waals surface area contributed by atoms with Crippen molar-refractivity contribution in [2.24, 2.45) is 0 Å². The maximum atomic E-state index is 12.7. The average molecular weight is 384 g/mol. The van der Waals surface area contributed by atoms with Gasteiger partial charge in [0.2, 0.25) is 5.91 Å². The molecule has 0 aromatic heterocycles. The first kappa shape index (κ1) is 19.9. The van der Waals surface area contributed by atoms with E-state index >= 15 is 0 Å². The quantitative estimate of drug-likeness (QED) is 0.792. The number of fused-ring (bicyclic) bond motifs is 1. The molecule has 1 aliphatic heterocycles. The molecule has 3 rings (SSSR count). The van der Waals surface area contributed by atoms with Crippen LogP contribution in [0.25, 0.3) is 0 Å². The third kappa shape index (κ3) is 4.68. The van der Waals surface area contributed by atoms with Gasteiger partial charge in [0.25, 0.3) is 0 Å². The lowest BCUT2D eigenvalue weighted by molar-refractivity contribution is -0.130. The Labute approximate surface area is 166 Å². The van der Waals surface area contributed by atoms with Crippen molar-refractivity contribution in [3.05, 3.63) is 47.5 Å². The molecule has 2 aromatic carbocycles. The monoisotopic (exact) mass is 384 g/mol. The number of nitrogens with one attached hydrogen (secondary N) is 1. The number of anilines is 1. The van der Waals surface area contributed by atoms with E-state index in [-0.39, 0.29) is 18.6 Å². The summed E-state index contributed by atoms with van der Waals surface area (Å²) in [6, 6.07) is 11.6. The van der Waals surface area contributed by atoms with Crippen LogP contribution in [-0.2, 0) is 17.8 Å². The molecule has 0 atom stereocenters. The molecule has 1 amide bonds. The minimum absolute atomic E-state index is 0.0722. The molecule has 0 saturated heterocycles. The number of carbonyl (C=O) groups excluding carboxylic acids is 1. The molecule has 0 bridgehead atoms. The van der Waals surface area contributed by atoms with E-state index < -0.39 is 0 Å². The van der Waals surface area contributed by atoms with Crippen molar-refractivity contribution < 1.29 is 19.0 Å². The highest BCUT2D eigenvalue weighted by atomic mass is 16.5. The minimum atomic E-state index is 0.0722. The van der Waals surface area contributed by atoms with Crippen molar-refractivity contribution in [1.82, 2.24) is 4.90 Å². The topological polar surface area (TPSA) is 60.0 Å². The molecule has 6 nitrogen and oxygen atoms in total. The molecule has 28 heavy (non-hydrogen) atoms. The summed E-state index contributed by atoms with van der Waals surface area (Å²) in [4.78, 5) is 14.5. The normalized spacial score (nSPS) is 13.1. The summed E-state index contributed by atoms with van der Waals surface area (Å²) in [5.41, 5.74) is 3.20. The Morgan fingerprint density at radius 1 is 1.07 bits per heavy atom. The zero-order chi connectivity index (χ0) is 20.1. The number of methoxy groups -OCH3 is 2. The summed E-state index contributed by atoms with van der Waals surface area (Å²) in [5, 5.41) is 3.20. The first-order valence-electron chi connectivity index (χ1n) is 9.52. The lowest BCUT2D eigenvalue weighted by Gasteiger charge is -2.30. The molecular formula is C22H28N2O4. The van der Waals surface area contributed by atoms with Gasteiger partial charge in [-0.1, -0.05) is 0 Å². The summed E-state index contributed by atoms with van der Waals surface area (Å²) in [5.74, 6) is 2.32. The van der Waals surface area contributed by atoms with Crippen LogP contribution >= 0.6 is 0 Å². The molecule has 2 aromatic rings. The van der Waals surface area contributed by atoms with E-state index in [4.69, 9.17) is 14.2 Å². The van der Waals surface area contributed by atoms with Crippen LogP contribution in [0.15, 0.2) is 36.4 Å². The van der Waals surface area contributed by atoms with Gasteiger partial charge in [-0.15, -0.1) is 0 Å². The fraction of sp³-hybridized carbons (Fsp3) is 0.409. The second-order valence-corrected chi connectivity index (χ2v) is 7.09. The zero-order valence-corrected chi connectivity index (χ0v) is 17.0. The molecule has 0 spiro atoms. The van der Waals surface area contributed by atoms with Crippen LogP contribution < -0.4 is 19.5 Å². The Balaban J connectivity index is 1.59. The Bertz CT molecular complexity index is 818. The Morgan fingerprint density at radius 2 is 1.71 bits per heavy atom. The molecule has 0 unspecified atom stereocenters. The van der Waals surface area contributed by atoms with Gasteiger partial charge in [0.05, 0.1) is 26.9 Å². The number of ether oxygens (including phenoxy) is 3. The van der Waals surface area contributed by atoms with Crippen molar-refractivity contribution in [3.63, 3.8) is 0 Å². The fourth-order valence-corrected chi connectivity index (χ4v) is 3.31. The van der Waals surface area contributed by atoms with Gasteiger partial charge in [0.15, 0.2) is 11.5 Å². The number of benzene rings is 2. The molecule has 150 valence electrons. The van der Waals surface area contributed by atoms with Crippen LogP contribution in [0.4, 0.5) is 5.69 Å². The summed E-state index contributed by atoms with van der Waals surface area (Å²) in [6.45, 7) is 5.52. The third-order valence-electron chi connectivity index (χ3n) is 4.74. The highest BCUT2D eigenvalue weighted by molar-refractivity contribution is 5.81. The van der Waals surface area contributed by atoms with Crippen LogP contribution in [0.1, 0.15) is 25.0 Å². The smallest absolute Gasteiger partial charge is 0.242 e. The first-order chi connectivity index (χ1) is 13.5. The van der Waals surface area contributed by atoms with Crippen LogP contribution in [0.3, 0.4) is 0 Å². The van der Waals surface area contributed by atoms with Crippen molar-refractivity contribution in [3.8, 4) is 17.2 Å². The molecule has 0 radical (unpaired) electrons. The van der Waals surface area contributed by atoms with E-state index in [2.05, 4.69) is 5.32 Å². The number of amides is 1. The highest BCUT2D eigenvalue weighted by Gasteiger charge is 2.22. The van der Waals surface area contributed by atoms with Gasteiger partial charge in [0, 0.05) is 18.8 Å². The minimum Gasteiger partial charge on any atom is -0.493 e. The molecule has 6 heteroatoms. The SMILES string of the molecule is COc1cc2c(cc1OC)CN(C(=O)CNc1ccc(OC(C)C)cc1)CC2. The Kier molecular flexibility index (Phi) is 6.29. The van der Waals surface area contributed by atoms with Crippen LogP contribution in [0, 0.1) is 0 Å². The summed E-state index contributed by atoms with van der Waals surface area (Å²) < 4.78 is 16.4. The van der Waals surface area contributed by atoms with Gasteiger partial charge in [-0.3, -0.25) is 4.79 Å². The van der Waals surface area contributed by atoms with Crippen molar-refractivity contribution in [2.75, 3.05) is 32.6 Å². The largest absolute Gasteiger partial charge is 0.493 e. The number of nitrogens with zero attached hydrogens (tertiary/aromatic N) is 1. The molecule has 0 aliphatic carbocycles. The van der Waals surface area contributed by atoms with E-state index in [0.717, 1.165) is 29.2 Å². The van der Waals surface area contributed by atoms with E-state index in [1.807, 2.05) is 55.1 Å². The van der Waals surface area contributed by atoms with Crippen LogP contribution in [-0.4, -0.2) is 44.2 Å². The second kappa shape index (κ2) is 8.87. The van der Waals surface area contributed by atoms with E-state index in [0.29, 0.717) is 18.8 Å². The van der Waals surface area contributed by atoms with Gasteiger partial charge in [-0.25, -0.2) is 0 Å².